The molecular weight excluding hydrogens is 362 g/mol. The molecule has 0 aliphatic heterocycles. The van der Waals surface area contributed by atoms with Crippen LogP contribution in [0.1, 0.15) is 30.1 Å². The number of carbonyl (C=O) groups is 1. The lowest BCUT2D eigenvalue weighted by Gasteiger charge is -2.18. The number of benzene rings is 1. The van der Waals surface area contributed by atoms with Gasteiger partial charge in [0.25, 0.3) is 0 Å². The first-order chi connectivity index (χ1) is 8.52. The number of esters is 1. The Labute approximate surface area is 124 Å². The van der Waals surface area contributed by atoms with Crippen LogP contribution in [0.2, 0.25) is 0 Å². The van der Waals surface area contributed by atoms with Gasteiger partial charge in [0.15, 0.2) is 0 Å². The quantitative estimate of drug-likeness (QED) is 0.800. The number of methoxy groups -OCH3 is 1. The summed E-state index contributed by atoms with van der Waals surface area (Å²) in [5.74, 6) is 0.383. The van der Waals surface area contributed by atoms with E-state index in [1.165, 1.54) is 20.0 Å². The van der Waals surface area contributed by atoms with Crippen LogP contribution in [0.4, 0.5) is 5.69 Å². The maximum Gasteiger partial charge on any atom is 0.340 e. The number of halogens is 2. The first-order valence-electron chi connectivity index (χ1n) is 5.87. The summed E-state index contributed by atoms with van der Waals surface area (Å²) < 4.78 is 6.54. The Bertz CT molecular complexity index is 472. The molecule has 0 amide bonds. The van der Waals surface area contributed by atoms with E-state index in [-0.39, 0.29) is 5.97 Å². The van der Waals surface area contributed by atoms with Gasteiger partial charge >= 0.3 is 5.97 Å². The standard InChI is InChI=1S/C13H15Br2NO2/c1-7(8-3-4-8)16-12-10(13(17)18-2)5-9(14)6-11(12)15/h5-8,16H,3-4H2,1-2H3. The average molecular weight is 377 g/mol. The molecule has 1 N–H and O–H groups in total. The topological polar surface area (TPSA) is 38.3 Å². The molecule has 0 heterocycles. The van der Waals surface area contributed by atoms with Crippen molar-refractivity contribution in [2.45, 2.75) is 25.8 Å². The zero-order chi connectivity index (χ0) is 13.3. The molecule has 18 heavy (non-hydrogen) atoms. The highest BCUT2D eigenvalue weighted by molar-refractivity contribution is 9.11. The van der Waals surface area contributed by atoms with Gasteiger partial charge in [-0.3, -0.25) is 0 Å². The van der Waals surface area contributed by atoms with Crippen LogP contribution in [0, 0.1) is 5.92 Å². The van der Waals surface area contributed by atoms with Gasteiger partial charge < -0.3 is 10.1 Å². The minimum Gasteiger partial charge on any atom is -0.465 e. The monoisotopic (exact) mass is 375 g/mol. The lowest BCUT2D eigenvalue weighted by atomic mass is 10.1. The molecule has 1 fully saturated rings. The average Bonchev–Trinajstić information content (AvgIpc) is 3.15. The van der Waals surface area contributed by atoms with Gasteiger partial charge in [0.05, 0.1) is 18.4 Å². The number of ether oxygens (including phenoxy) is 1. The van der Waals surface area contributed by atoms with Crippen molar-refractivity contribution in [3.63, 3.8) is 0 Å². The third-order valence-electron chi connectivity index (χ3n) is 3.16. The van der Waals surface area contributed by atoms with Crippen LogP contribution in [0.3, 0.4) is 0 Å². The molecule has 1 aliphatic carbocycles. The van der Waals surface area contributed by atoms with Crippen molar-refractivity contribution in [2.24, 2.45) is 5.92 Å². The minimum atomic E-state index is -0.331. The van der Waals surface area contributed by atoms with E-state index in [1.54, 1.807) is 6.07 Å². The van der Waals surface area contributed by atoms with Crippen LogP contribution in [0.15, 0.2) is 21.1 Å². The summed E-state index contributed by atoms with van der Waals surface area (Å²) in [6, 6.07) is 4.07. The highest BCUT2D eigenvalue weighted by atomic mass is 79.9. The summed E-state index contributed by atoms with van der Waals surface area (Å²) >= 11 is 6.88. The molecule has 1 unspecified atom stereocenters. The lowest BCUT2D eigenvalue weighted by molar-refractivity contribution is 0.0601. The number of anilines is 1. The second-order valence-electron chi connectivity index (χ2n) is 4.57. The molecule has 2 rings (SSSR count). The third kappa shape index (κ3) is 3.06. The van der Waals surface area contributed by atoms with Crippen molar-refractivity contribution in [1.29, 1.82) is 0 Å². The van der Waals surface area contributed by atoms with E-state index >= 15 is 0 Å². The van der Waals surface area contributed by atoms with Gasteiger partial charge in [-0.25, -0.2) is 4.79 Å². The Morgan fingerprint density at radius 2 is 2.11 bits per heavy atom. The molecule has 98 valence electrons. The molecule has 1 aromatic rings. The van der Waals surface area contributed by atoms with Crippen LogP contribution < -0.4 is 5.32 Å². The van der Waals surface area contributed by atoms with Gasteiger partial charge in [-0.15, -0.1) is 0 Å². The number of rotatable bonds is 4. The molecule has 1 saturated carbocycles. The van der Waals surface area contributed by atoms with Crippen molar-refractivity contribution < 1.29 is 9.53 Å². The molecule has 0 aromatic heterocycles. The largest absolute Gasteiger partial charge is 0.465 e. The van der Waals surface area contributed by atoms with Crippen LogP contribution >= 0.6 is 31.9 Å². The molecule has 0 bridgehead atoms. The second kappa shape index (κ2) is 5.61. The van der Waals surface area contributed by atoms with Crippen molar-refractivity contribution in [3.05, 3.63) is 26.6 Å². The van der Waals surface area contributed by atoms with Crippen LogP contribution in [0.25, 0.3) is 0 Å². The first kappa shape index (κ1) is 13.9. The van der Waals surface area contributed by atoms with Gasteiger partial charge in [0, 0.05) is 15.0 Å². The van der Waals surface area contributed by atoms with E-state index in [2.05, 4.69) is 44.1 Å². The molecule has 0 saturated heterocycles. The Kier molecular flexibility index (Phi) is 4.33. The molecule has 0 spiro atoms. The SMILES string of the molecule is COC(=O)c1cc(Br)cc(Br)c1NC(C)C1CC1. The zero-order valence-electron chi connectivity index (χ0n) is 10.3. The maximum absolute atomic E-state index is 11.8. The molecular formula is C13H15Br2NO2. The molecule has 1 aliphatic rings. The summed E-state index contributed by atoms with van der Waals surface area (Å²) in [6.45, 7) is 2.15. The van der Waals surface area contributed by atoms with Gasteiger partial charge in [-0.2, -0.15) is 0 Å². The van der Waals surface area contributed by atoms with E-state index in [0.717, 1.165) is 14.6 Å². The van der Waals surface area contributed by atoms with Gasteiger partial charge in [-0.05, 0) is 53.7 Å². The van der Waals surface area contributed by atoms with Crippen molar-refractivity contribution in [2.75, 3.05) is 12.4 Å². The van der Waals surface area contributed by atoms with Crippen LogP contribution in [-0.4, -0.2) is 19.1 Å². The first-order valence-corrected chi connectivity index (χ1v) is 7.45. The minimum absolute atomic E-state index is 0.331. The van der Waals surface area contributed by atoms with Crippen molar-refractivity contribution in [3.8, 4) is 0 Å². The highest BCUT2D eigenvalue weighted by Crippen LogP contribution is 2.37. The Morgan fingerprint density at radius 1 is 1.44 bits per heavy atom. The molecule has 3 nitrogen and oxygen atoms in total. The smallest absolute Gasteiger partial charge is 0.340 e. The number of carbonyl (C=O) groups excluding carboxylic acids is 1. The van der Waals surface area contributed by atoms with E-state index < -0.39 is 0 Å². The van der Waals surface area contributed by atoms with Gasteiger partial charge in [0.2, 0.25) is 0 Å². The van der Waals surface area contributed by atoms with Gasteiger partial charge in [0.1, 0.15) is 0 Å². The normalized spacial score (nSPS) is 16.2. The fourth-order valence-electron chi connectivity index (χ4n) is 1.93. The summed E-state index contributed by atoms with van der Waals surface area (Å²) in [5, 5.41) is 3.41. The molecule has 1 aromatic carbocycles. The second-order valence-corrected chi connectivity index (χ2v) is 6.34. The van der Waals surface area contributed by atoms with Crippen LogP contribution in [-0.2, 0) is 4.74 Å². The van der Waals surface area contributed by atoms with E-state index in [1.807, 2.05) is 6.07 Å². The Morgan fingerprint density at radius 3 is 2.67 bits per heavy atom. The number of hydrogen-bond acceptors (Lipinski definition) is 3. The van der Waals surface area contributed by atoms with Crippen molar-refractivity contribution in [1.82, 2.24) is 0 Å². The highest BCUT2D eigenvalue weighted by Gasteiger charge is 2.29. The lowest BCUT2D eigenvalue weighted by Crippen LogP contribution is -2.20. The maximum atomic E-state index is 11.8. The predicted octanol–water partition coefficient (Wildman–Crippen LogP) is 4.21. The number of nitrogens with one attached hydrogen (secondary N) is 1. The van der Waals surface area contributed by atoms with Crippen molar-refractivity contribution >= 4 is 43.5 Å². The summed E-state index contributed by atoms with van der Waals surface area (Å²) in [7, 11) is 1.39. The molecule has 5 heteroatoms. The van der Waals surface area contributed by atoms with Gasteiger partial charge in [-0.1, -0.05) is 15.9 Å². The Balaban J connectivity index is 2.33. The van der Waals surface area contributed by atoms with E-state index in [0.29, 0.717) is 17.5 Å². The third-order valence-corrected chi connectivity index (χ3v) is 4.24. The fraction of sp³-hybridized carbons (Fsp3) is 0.462. The number of hydrogen-bond donors (Lipinski definition) is 1. The predicted molar refractivity (Wildman–Crippen MR) is 79.0 cm³/mol. The fourth-order valence-corrected chi connectivity index (χ4v) is 3.27. The molecule has 0 radical (unpaired) electrons. The summed E-state index contributed by atoms with van der Waals surface area (Å²) in [6.07, 6.45) is 2.52. The van der Waals surface area contributed by atoms with Crippen LogP contribution in [0.5, 0.6) is 0 Å². The summed E-state index contributed by atoms with van der Waals surface area (Å²) in [4.78, 5) is 11.8. The zero-order valence-corrected chi connectivity index (χ0v) is 13.5. The van der Waals surface area contributed by atoms with E-state index in [9.17, 15) is 4.79 Å². The summed E-state index contributed by atoms with van der Waals surface area (Å²) in [5.41, 5.74) is 1.36. The Hall–Kier alpha value is -0.550. The van der Waals surface area contributed by atoms with E-state index in [4.69, 9.17) is 4.74 Å². The molecule has 1 atom stereocenters.